The summed E-state index contributed by atoms with van der Waals surface area (Å²) in [6.45, 7) is 3.74. The molecular weight excluding hydrogens is 490 g/mol. The quantitative estimate of drug-likeness (QED) is 0.234. The van der Waals surface area contributed by atoms with Crippen LogP contribution in [0.1, 0.15) is 36.2 Å². The van der Waals surface area contributed by atoms with Gasteiger partial charge < -0.3 is 10.4 Å². The van der Waals surface area contributed by atoms with Crippen LogP contribution in [0.3, 0.4) is 0 Å². The first kappa shape index (κ1) is 26.8. The van der Waals surface area contributed by atoms with Crippen LogP contribution in [0.2, 0.25) is 0 Å². The smallest absolute Gasteiger partial charge is 0.228 e. The Morgan fingerprint density at radius 3 is 2.03 bits per heavy atom. The van der Waals surface area contributed by atoms with Crippen LogP contribution in [-0.4, -0.2) is 21.0 Å². The summed E-state index contributed by atoms with van der Waals surface area (Å²) >= 11 is 1.46. The molecule has 2 heterocycles. The van der Waals surface area contributed by atoms with Gasteiger partial charge in [0.05, 0.1) is 5.69 Å². The van der Waals surface area contributed by atoms with E-state index in [0.717, 1.165) is 24.1 Å². The highest BCUT2D eigenvalue weighted by molar-refractivity contribution is 7.13. The van der Waals surface area contributed by atoms with Gasteiger partial charge in [-0.15, -0.1) is 11.3 Å². The molecule has 5 nitrogen and oxygen atoms in total. The van der Waals surface area contributed by atoms with Crippen LogP contribution >= 0.6 is 11.3 Å². The Morgan fingerprint density at radius 2 is 1.37 bits per heavy atom. The average Bonchev–Trinajstić information content (AvgIpc) is 3.38. The summed E-state index contributed by atoms with van der Waals surface area (Å²) in [4.78, 5) is 20.2. The molecule has 6 heteroatoms. The van der Waals surface area contributed by atoms with Crippen molar-refractivity contribution in [1.82, 2.24) is 9.97 Å². The lowest BCUT2D eigenvalue weighted by Crippen LogP contribution is -2.17. The van der Waals surface area contributed by atoms with E-state index in [0.29, 0.717) is 10.9 Å². The summed E-state index contributed by atoms with van der Waals surface area (Å²) < 4.78 is 0. The Morgan fingerprint density at radius 1 is 0.789 bits per heavy atom. The highest BCUT2D eigenvalue weighted by Crippen LogP contribution is 2.22. The van der Waals surface area contributed by atoms with Crippen molar-refractivity contribution in [2.75, 3.05) is 5.32 Å². The second-order valence-corrected chi connectivity index (χ2v) is 10.1. The molecule has 5 aromatic rings. The first-order valence-corrected chi connectivity index (χ1v) is 13.4. The van der Waals surface area contributed by atoms with Gasteiger partial charge in [-0.1, -0.05) is 80.6 Å². The maximum Gasteiger partial charge on any atom is 0.228 e. The van der Waals surface area contributed by atoms with Gasteiger partial charge in [0.25, 0.3) is 0 Å². The van der Waals surface area contributed by atoms with E-state index in [1.54, 1.807) is 24.5 Å². The van der Waals surface area contributed by atoms with Crippen molar-refractivity contribution in [2.45, 2.75) is 26.7 Å². The van der Waals surface area contributed by atoms with Gasteiger partial charge in [-0.3, -0.25) is 9.78 Å². The van der Waals surface area contributed by atoms with Gasteiger partial charge in [-0.25, -0.2) is 4.98 Å². The number of carbonyl (C=O) groups is 1. The number of amides is 1. The topological polar surface area (TPSA) is 75.1 Å². The van der Waals surface area contributed by atoms with Crippen molar-refractivity contribution in [3.05, 3.63) is 131 Å². The molecule has 2 aromatic heterocycles. The Bertz CT molecular complexity index is 1420. The molecular formula is C32H31N3O2S. The second kappa shape index (κ2) is 13.3. The van der Waals surface area contributed by atoms with E-state index in [-0.39, 0.29) is 11.8 Å². The number of anilines is 1. The van der Waals surface area contributed by atoms with Crippen LogP contribution in [0.15, 0.2) is 109 Å². The molecule has 3 aromatic carbocycles. The maximum absolute atomic E-state index is 11.7. The summed E-state index contributed by atoms with van der Waals surface area (Å²) in [7, 11) is 0. The van der Waals surface area contributed by atoms with E-state index in [9.17, 15) is 4.79 Å². The predicted octanol–water partition coefficient (Wildman–Crippen LogP) is 7.37. The van der Waals surface area contributed by atoms with Gasteiger partial charge in [0, 0.05) is 30.1 Å². The number of aromatic nitrogens is 2. The molecule has 0 aliphatic heterocycles. The number of rotatable bonds is 7. The fourth-order valence-electron chi connectivity index (χ4n) is 3.71. The SMILES string of the molecule is CC(C)C(=O)Nc1nc(Cc2ccc(-c3ccncc3)cc2)cs1.Oc1ccc(Cc2ccccc2)cc1. The first-order valence-electron chi connectivity index (χ1n) is 12.5. The minimum absolute atomic E-state index is 0.00222. The molecule has 0 unspecified atom stereocenters. The predicted molar refractivity (Wildman–Crippen MR) is 155 cm³/mol. The number of phenolic OH excluding ortho intramolecular Hbond substituents is 1. The molecule has 0 spiro atoms. The average molecular weight is 522 g/mol. The van der Waals surface area contributed by atoms with E-state index in [1.165, 1.54) is 33.6 Å². The molecule has 0 saturated heterocycles. The number of aromatic hydroxyl groups is 1. The van der Waals surface area contributed by atoms with Crippen LogP contribution in [-0.2, 0) is 17.6 Å². The molecule has 0 radical (unpaired) electrons. The Labute approximate surface area is 227 Å². The lowest BCUT2D eigenvalue weighted by molar-refractivity contribution is -0.118. The number of carbonyl (C=O) groups excluding carboxylic acids is 1. The first-order chi connectivity index (χ1) is 18.5. The molecule has 0 aliphatic rings. The van der Waals surface area contributed by atoms with Crippen LogP contribution < -0.4 is 5.32 Å². The molecule has 1 amide bonds. The zero-order valence-electron chi connectivity index (χ0n) is 21.5. The van der Waals surface area contributed by atoms with Gasteiger partial charge in [0.2, 0.25) is 5.91 Å². The molecule has 2 N–H and O–H groups in total. The van der Waals surface area contributed by atoms with Crippen LogP contribution in [0.4, 0.5) is 5.13 Å². The van der Waals surface area contributed by atoms with Gasteiger partial charge in [-0.05, 0) is 58.5 Å². The fraction of sp³-hybridized carbons (Fsp3) is 0.156. The summed E-state index contributed by atoms with van der Waals surface area (Å²) in [6, 6.07) is 30.1. The largest absolute Gasteiger partial charge is 0.508 e. The Balaban J connectivity index is 0.000000204. The number of pyridine rings is 1. The standard InChI is InChI=1S/C19H19N3OS.C13H12O/c1-13(2)18(23)22-19-21-17(12-24-19)11-14-3-5-15(6-4-14)16-7-9-20-10-8-16;14-13-8-6-12(7-9-13)10-11-4-2-1-3-5-11/h3-10,12-13H,11H2,1-2H3,(H,21,22,23);1-9,14H,10H2. The highest BCUT2D eigenvalue weighted by Gasteiger charge is 2.10. The van der Waals surface area contributed by atoms with Crippen LogP contribution in [0.5, 0.6) is 5.75 Å². The summed E-state index contributed by atoms with van der Waals surface area (Å²) in [5.41, 5.74) is 7.00. The third-order valence-corrected chi connectivity index (χ3v) is 6.65. The van der Waals surface area contributed by atoms with Gasteiger partial charge >= 0.3 is 0 Å². The van der Waals surface area contributed by atoms with Crippen molar-refractivity contribution >= 4 is 22.4 Å². The molecule has 0 aliphatic carbocycles. The van der Waals surface area contributed by atoms with Crippen LogP contribution in [0.25, 0.3) is 11.1 Å². The molecule has 0 bridgehead atoms. The Kier molecular flexibility index (Phi) is 9.37. The van der Waals surface area contributed by atoms with Gasteiger partial charge in [-0.2, -0.15) is 0 Å². The zero-order valence-corrected chi connectivity index (χ0v) is 22.4. The minimum atomic E-state index is -0.0434. The normalized spacial score (nSPS) is 10.5. The van der Waals surface area contributed by atoms with Gasteiger partial charge in [0.15, 0.2) is 5.13 Å². The second-order valence-electron chi connectivity index (χ2n) is 9.23. The number of benzene rings is 3. The molecule has 192 valence electrons. The molecule has 0 atom stereocenters. The van der Waals surface area contributed by atoms with Gasteiger partial charge in [0.1, 0.15) is 5.75 Å². The van der Waals surface area contributed by atoms with E-state index in [1.807, 2.05) is 61.7 Å². The third-order valence-electron chi connectivity index (χ3n) is 5.85. The molecule has 0 saturated carbocycles. The summed E-state index contributed by atoms with van der Waals surface area (Å²) in [5.74, 6) is 0.275. The zero-order chi connectivity index (χ0) is 26.7. The van der Waals surface area contributed by atoms with Crippen molar-refractivity contribution in [2.24, 2.45) is 5.92 Å². The number of hydrogen-bond donors (Lipinski definition) is 2. The molecule has 5 rings (SSSR count). The summed E-state index contributed by atoms with van der Waals surface area (Å²) in [5, 5.41) is 14.6. The van der Waals surface area contributed by atoms with Crippen molar-refractivity contribution in [1.29, 1.82) is 0 Å². The van der Waals surface area contributed by atoms with Crippen molar-refractivity contribution < 1.29 is 9.90 Å². The lowest BCUT2D eigenvalue weighted by Gasteiger charge is -2.04. The Hall–Kier alpha value is -4.29. The highest BCUT2D eigenvalue weighted by atomic mass is 32.1. The number of nitrogens with zero attached hydrogens (tertiary/aromatic N) is 2. The van der Waals surface area contributed by atoms with E-state index < -0.39 is 0 Å². The lowest BCUT2D eigenvalue weighted by atomic mass is 10.0. The number of nitrogens with one attached hydrogen (secondary N) is 1. The monoisotopic (exact) mass is 521 g/mol. The number of thiazole rings is 1. The van der Waals surface area contributed by atoms with Crippen LogP contribution in [0, 0.1) is 5.92 Å². The van der Waals surface area contributed by atoms with E-state index in [4.69, 9.17) is 5.11 Å². The van der Waals surface area contributed by atoms with Crippen molar-refractivity contribution in [3.63, 3.8) is 0 Å². The number of hydrogen-bond acceptors (Lipinski definition) is 5. The van der Waals surface area contributed by atoms with E-state index >= 15 is 0 Å². The fourth-order valence-corrected chi connectivity index (χ4v) is 4.42. The third kappa shape index (κ3) is 8.11. The maximum atomic E-state index is 11.7. The van der Waals surface area contributed by atoms with E-state index in [2.05, 4.69) is 51.7 Å². The minimum Gasteiger partial charge on any atom is -0.508 e. The number of phenols is 1. The summed E-state index contributed by atoms with van der Waals surface area (Å²) in [6.07, 6.45) is 5.27. The molecule has 0 fully saturated rings. The molecule has 38 heavy (non-hydrogen) atoms. The van der Waals surface area contributed by atoms with Crippen molar-refractivity contribution in [3.8, 4) is 16.9 Å².